The molecule has 1 aromatic carbocycles. The minimum Gasteiger partial charge on any atom is -0.367 e. The zero-order valence-corrected chi connectivity index (χ0v) is 25.8. The van der Waals surface area contributed by atoms with E-state index in [1.165, 1.54) is 53.2 Å². The largest absolute Gasteiger partial charge is 0.367 e. The van der Waals surface area contributed by atoms with E-state index in [9.17, 15) is 4.79 Å². The molecule has 0 spiro atoms. The molecule has 1 aliphatic carbocycles. The van der Waals surface area contributed by atoms with Crippen molar-refractivity contribution in [3.8, 4) is 11.1 Å². The average Bonchev–Trinajstić information content (AvgIpc) is 3.80. The third-order valence-corrected chi connectivity index (χ3v) is 8.65. The van der Waals surface area contributed by atoms with Gasteiger partial charge in [-0.15, -0.1) is 0 Å². The Morgan fingerprint density at radius 1 is 1.12 bits per heavy atom. The molecule has 2 aromatic heterocycles. The standard InChI is InChI=1S/C33H38N4O.C3H8/c1-7-22(2)24(4)33(14-15-33)29-11-9-8-10-28(29)26-19-27-21-37(17-13-30(27)35-20-26)25(5)23(3)18-31-34-16-12-32(38)36(31)6;1-3-2/h8-12,16,18-20,22H,4-5,7,13-15,17,21H2,1-3,6H3;3H2,1-2H3/b23-18-;. The van der Waals surface area contributed by atoms with E-state index < -0.39 is 0 Å². The Morgan fingerprint density at radius 2 is 1.83 bits per heavy atom. The predicted molar refractivity (Wildman–Crippen MR) is 172 cm³/mol. The summed E-state index contributed by atoms with van der Waals surface area (Å²) in [6.45, 7) is 21.4. The highest BCUT2D eigenvalue weighted by Gasteiger charge is 2.48. The van der Waals surface area contributed by atoms with E-state index in [1.54, 1.807) is 17.8 Å². The third kappa shape index (κ3) is 6.29. The van der Waals surface area contributed by atoms with E-state index in [2.05, 4.69) is 87.3 Å². The molecule has 5 nitrogen and oxygen atoms in total. The van der Waals surface area contributed by atoms with Crippen molar-refractivity contribution in [1.82, 2.24) is 19.4 Å². The molecule has 41 heavy (non-hydrogen) atoms. The van der Waals surface area contributed by atoms with Gasteiger partial charge in [0.05, 0.1) is 0 Å². The molecule has 5 heteroatoms. The molecule has 0 bridgehead atoms. The molecular weight excluding hydrogens is 504 g/mol. The highest BCUT2D eigenvalue weighted by molar-refractivity contribution is 5.71. The maximum absolute atomic E-state index is 12.0. The zero-order valence-electron chi connectivity index (χ0n) is 25.8. The molecule has 1 fully saturated rings. The molecule has 1 atom stereocenters. The molecule has 0 radical (unpaired) electrons. The van der Waals surface area contributed by atoms with Crippen LogP contribution in [0.15, 0.2) is 83.6 Å². The van der Waals surface area contributed by atoms with Gasteiger partial charge in [-0.2, -0.15) is 0 Å². The van der Waals surface area contributed by atoms with Crippen molar-refractivity contribution < 1.29 is 0 Å². The van der Waals surface area contributed by atoms with Crippen LogP contribution in [0.5, 0.6) is 0 Å². The lowest BCUT2D eigenvalue weighted by molar-refractivity contribution is 0.326. The molecule has 1 unspecified atom stereocenters. The van der Waals surface area contributed by atoms with E-state index in [0.717, 1.165) is 42.9 Å². The van der Waals surface area contributed by atoms with Gasteiger partial charge in [-0.25, -0.2) is 4.98 Å². The molecule has 3 heterocycles. The summed E-state index contributed by atoms with van der Waals surface area (Å²) in [5, 5.41) is 0. The molecule has 0 saturated heterocycles. The number of benzene rings is 1. The van der Waals surface area contributed by atoms with Gasteiger partial charge in [0.2, 0.25) is 0 Å². The summed E-state index contributed by atoms with van der Waals surface area (Å²) >= 11 is 0. The van der Waals surface area contributed by atoms with Gasteiger partial charge in [-0.3, -0.25) is 14.3 Å². The van der Waals surface area contributed by atoms with Gasteiger partial charge >= 0.3 is 0 Å². The van der Waals surface area contributed by atoms with Crippen molar-refractivity contribution in [2.75, 3.05) is 6.54 Å². The lowest BCUT2D eigenvalue weighted by Crippen LogP contribution is -2.30. The van der Waals surface area contributed by atoms with Crippen LogP contribution in [0.1, 0.15) is 82.9 Å². The Morgan fingerprint density at radius 3 is 2.51 bits per heavy atom. The minimum atomic E-state index is -0.0730. The fourth-order valence-corrected chi connectivity index (χ4v) is 5.71. The number of nitrogens with zero attached hydrogens (tertiary/aromatic N) is 4. The van der Waals surface area contributed by atoms with Gasteiger partial charge in [-0.05, 0) is 66.5 Å². The smallest absolute Gasteiger partial charge is 0.253 e. The predicted octanol–water partition coefficient (Wildman–Crippen LogP) is 7.87. The average molecular weight is 551 g/mol. The van der Waals surface area contributed by atoms with Crippen molar-refractivity contribution in [2.24, 2.45) is 13.0 Å². The zero-order chi connectivity index (χ0) is 29.7. The lowest BCUT2D eigenvalue weighted by atomic mass is 9.78. The summed E-state index contributed by atoms with van der Waals surface area (Å²) in [6.07, 6.45) is 11.1. The molecule has 1 saturated carbocycles. The number of fused-ring (bicyclic) bond motifs is 1. The topological polar surface area (TPSA) is 51.0 Å². The summed E-state index contributed by atoms with van der Waals surface area (Å²) in [5.74, 6) is 1.14. The Hall–Kier alpha value is -3.73. The number of rotatable bonds is 8. The van der Waals surface area contributed by atoms with Gasteiger partial charge in [0.1, 0.15) is 5.82 Å². The Labute approximate surface area is 246 Å². The number of pyridine rings is 1. The van der Waals surface area contributed by atoms with Gasteiger partial charge < -0.3 is 4.90 Å². The van der Waals surface area contributed by atoms with Crippen molar-refractivity contribution >= 4 is 6.08 Å². The Balaban J connectivity index is 0.00000124. The van der Waals surface area contributed by atoms with Crippen LogP contribution in [-0.2, 0) is 25.4 Å². The first-order valence-corrected chi connectivity index (χ1v) is 15.1. The number of aromatic nitrogens is 3. The Kier molecular flexibility index (Phi) is 9.47. The summed E-state index contributed by atoms with van der Waals surface area (Å²) in [5.41, 5.74) is 9.57. The van der Waals surface area contributed by atoms with Gasteiger partial charge in [0.25, 0.3) is 5.56 Å². The molecule has 1 aliphatic heterocycles. The van der Waals surface area contributed by atoms with E-state index >= 15 is 0 Å². The van der Waals surface area contributed by atoms with E-state index in [0.29, 0.717) is 11.7 Å². The molecule has 2 aliphatic rings. The SMILES string of the molecule is C=C(/C(C)=C\c1nccc(=O)n1C)N1CCc2ncc(-c3ccccc3C3(C(=C)C(C)CC)CC3)cc2C1.CCC. The number of hydrogen-bond acceptors (Lipinski definition) is 4. The molecule has 0 amide bonds. The van der Waals surface area contributed by atoms with Crippen molar-refractivity contribution in [2.45, 2.75) is 78.7 Å². The first kappa shape index (κ1) is 30.2. The molecule has 216 valence electrons. The molecular formula is C36H46N4O. The fraction of sp³-hybridized carbons (Fsp3) is 0.417. The van der Waals surface area contributed by atoms with Crippen LogP contribution in [0.25, 0.3) is 17.2 Å². The van der Waals surface area contributed by atoms with Gasteiger partial charge in [0.15, 0.2) is 0 Å². The summed E-state index contributed by atoms with van der Waals surface area (Å²) < 4.78 is 1.55. The lowest BCUT2D eigenvalue weighted by Gasteiger charge is -2.32. The second-order valence-corrected chi connectivity index (χ2v) is 11.6. The summed E-state index contributed by atoms with van der Waals surface area (Å²) in [7, 11) is 1.74. The summed E-state index contributed by atoms with van der Waals surface area (Å²) in [6, 6.07) is 12.6. The molecule has 3 aromatic rings. The quantitative estimate of drug-likeness (QED) is 0.212. The van der Waals surface area contributed by atoms with Crippen LogP contribution in [0, 0.1) is 5.92 Å². The van der Waals surface area contributed by atoms with Crippen molar-refractivity contribution in [1.29, 1.82) is 0 Å². The second kappa shape index (κ2) is 12.8. The van der Waals surface area contributed by atoms with Gasteiger partial charge in [0, 0.05) is 67.4 Å². The van der Waals surface area contributed by atoms with Gasteiger partial charge in [-0.1, -0.05) is 77.1 Å². The number of allylic oxidation sites excluding steroid dienone is 2. The Bertz CT molecular complexity index is 1510. The monoisotopic (exact) mass is 550 g/mol. The fourth-order valence-electron chi connectivity index (χ4n) is 5.71. The molecule has 5 rings (SSSR count). The van der Waals surface area contributed by atoms with Crippen LogP contribution < -0.4 is 5.56 Å². The van der Waals surface area contributed by atoms with Crippen LogP contribution in [-0.4, -0.2) is 26.0 Å². The van der Waals surface area contributed by atoms with Crippen LogP contribution >= 0.6 is 0 Å². The summed E-state index contributed by atoms with van der Waals surface area (Å²) in [4.78, 5) is 23.6. The maximum atomic E-state index is 12.0. The maximum Gasteiger partial charge on any atom is 0.253 e. The van der Waals surface area contributed by atoms with E-state index in [-0.39, 0.29) is 11.0 Å². The van der Waals surface area contributed by atoms with Crippen molar-refractivity contribution in [3.63, 3.8) is 0 Å². The number of hydrogen-bond donors (Lipinski definition) is 0. The van der Waals surface area contributed by atoms with Crippen LogP contribution in [0.2, 0.25) is 0 Å². The minimum absolute atomic E-state index is 0.0730. The first-order valence-electron chi connectivity index (χ1n) is 15.1. The normalized spacial score (nSPS) is 16.2. The van der Waals surface area contributed by atoms with Crippen molar-refractivity contribution in [3.05, 3.63) is 112 Å². The first-order chi connectivity index (χ1) is 19.7. The highest BCUT2D eigenvalue weighted by atomic mass is 16.1. The molecule has 0 N–H and O–H groups in total. The van der Waals surface area contributed by atoms with Crippen LogP contribution in [0.4, 0.5) is 0 Å². The van der Waals surface area contributed by atoms with E-state index in [4.69, 9.17) is 4.98 Å². The third-order valence-electron chi connectivity index (χ3n) is 8.65. The second-order valence-electron chi connectivity index (χ2n) is 11.6. The highest BCUT2D eigenvalue weighted by Crippen LogP contribution is 2.57. The van der Waals surface area contributed by atoms with E-state index in [1.807, 2.05) is 13.0 Å². The van der Waals surface area contributed by atoms with Crippen LogP contribution in [0.3, 0.4) is 0 Å².